The molecular formula is C31H42Cl2N6O5S. The fraction of sp³-hybridized carbons (Fsp3) is 0.548. The predicted molar refractivity (Wildman–Crippen MR) is 179 cm³/mol. The van der Waals surface area contributed by atoms with Gasteiger partial charge in [-0.1, -0.05) is 57.0 Å². The maximum absolute atomic E-state index is 14.2. The number of hydrogen-bond acceptors (Lipinski definition) is 7. The second kappa shape index (κ2) is 14.7. The molecule has 5 amide bonds. The van der Waals surface area contributed by atoms with Crippen LogP contribution >= 0.6 is 34.5 Å². The Balaban J connectivity index is 1.47. The molecule has 14 heteroatoms. The van der Waals surface area contributed by atoms with Gasteiger partial charge < -0.3 is 25.2 Å². The van der Waals surface area contributed by atoms with E-state index in [2.05, 4.69) is 20.9 Å². The predicted octanol–water partition coefficient (Wildman–Crippen LogP) is 4.90. The molecule has 0 bridgehead atoms. The summed E-state index contributed by atoms with van der Waals surface area (Å²) in [7, 11) is 0. The summed E-state index contributed by atoms with van der Waals surface area (Å²) in [5.41, 5.74) is -0.864. The van der Waals surface area contributed by atoms with Crippen molar-refractivity contribution in [1.82, 2.24) is 20.0 Å². The van der Waals surface area contributed by atoms with Crippen molar-refractivity contribution in [3.63, 3.8) is 0 Å². The third kappa shape index (κ3) is 8.28. The van der Waals surface area contributed by atoms with Gasteiger partial charge in [0, 0.05) is 44.1 Å². The number of rotatable bonds is 9. The molecule has 2 saturated heterocycles. The average Bonchev–Trinajstić information content (AvgIpc) is 3.42. The lowest BCUT2D eigenvalue weighted by atomic mass is 9.90. The summed E-state index contributed by atoms with van der Waals surface area (Å²) in [5, 5.41) is 9.27. The Kier molecular flexibility index (Phi) is 11.4. The third-order valence-corrected chi connectivity index (χ3v) is 10.5. The molecule has 2 aliphatic rings. The molecule has 3 N–H and O–H groups in total. The minimum atomic E-state index is -1.18. The summed E-state index contributed by atoms with van der Waals surface area (Å²) < 4.78 is 5.36. The zero-order valence-corrected chi connectivity index (χ0v) is 28.8. The van der Waals surface area contributed by atoms with E-state index in [9.17, 15) is 19.2 Å². The number of anilines is 2. The molecule has 1 atom stereocenters. The van der Waals surface area contributed by atoms with Gasteiger partial charge in [0.15, 0.2) is 0 Å². The van der Waals surface area contributed by atoms with Crippen LogP contribution in [0, 0.1) is 0 Å². The van der Waals surface area contributed by atoms with Gasteiger partial charge in [-0.2, -0.15) is 0 Å². The van der Waals surface area contributed by atoms with Crippen LogP contribution in [0.25, 0.3) is 0 Å². The second-order valence-electron chi connectivity index (χ2n) is 12.4. The van der Waals surface area contributed by atoms with E-state index >= 15 is 0 Å². The van der Waals surface area contributed by atoms with Crippen molar-refractivity contribution in [3.05, 3.63) is 44.8 Å². The molecule has 3 heterocycles. The van der Waals surface area contributed by atoms with E-state index in [1.807, 2.05) is 27.7 Å². The molecule has 2 fully saturated rings. The van der Waals surface area contributed by atoms with Crippen molar-refractivity contribution >= 4 is 69.0 Å². The zero-order chi connectivity index (χ0) is 32.9. The minimum Gasteiger partial charge on any atom is -0.379 e. The van der Waals surface area contributed by atoms with Crippen molar-refractivity contribution in [1.29, 1.82) is 0 Å². The smallest absolute Gasteiger partial charge is 0.324 e. The molecule has 2 aliphatic heterocycles. The third-order valence-electron chi connectivity index (χ3n) is 8.19. The molecule has 2 aromatic rings. The molecule has 4 rings (SSSR count). The number of amides is 5. The lowest BCUT2D eigenvalue weighted by molar-refractivity contribution is -0.150. The first-order valence-corrected chi connectivity index (χ1v) is 16.7. The normalized spacial score (nSPS) is 19.4. The van der Waals surface area contributed by atoms with E-state index in [1.54, 1.807) is 36.1 Å². The quantitative estimate of drug-likeness (QED) is 0.346. The molecule has 45 heavy (non-hydrogen) atoms. The number of halogens is 2. The standard InChI is InChI=1S/C31H42Cl2N6O5S/c1-6-31(5)28(42)38(19-24(40)34-10-11-37-14-16-44-17-15-37)12-13-39(31)27(41)20-18-23(30(2,3)4)45-26(20)36-29(43)35-22-9-7-8-21(32)25(22)33/h7-9,18H,6,10-17,19H2,1-5H3,(H,34,40)(H2,35,36,43). The maximum atomic E-state index is 14.2. The number of carbonyl (C=O) groups excluding carboxylic acids is 4. The Morgan fingerprint density at radius 3 is 2.44 bits per heavy atom. The van der Waals surface area contributed by atoms with E-state index in [4.69, 9.17) is 27.9 Å². The Labute approximate surface area is 278 Å². The van der Waals surface area contributed by atoms with Gasteiger partial charge in [-0.05, 0) is 37.0 Å². The molecule has 0 radical (unpaired) electrons. The van der Waals surface area contributed by atoms with E-state index in [0.717, 1.165) is 24.5 Å². The Morgan fingerprint density at radius 1 is 1.07 bits per heavy atom. The molecule has 11 nitrogen and oxygen atoms in total. The lowest BCUT2D eigenvalue weighted by Crippen LogP contribution is -2.66. The largest absolute Gasteiger partial charge is 0.379 e. The molecule has 0 saturated carbocycles. The number of carbonyl (C=O) groups is 4. The fourth-order valence-electron chi connectivity index (χ4n) is 5.27. The van der Waals surface area contributed by atoms with Crippen LogP contribution < -0.4 is 16.0 Å². The fourth-order valence-corrected chi connectivity index (χ4v) is 6.72. The Hall–Kier alpha value is -2.90. The van der Waals surface area contributed by atoms with Crippen LogP contribution in [-0.4, -0.2) is 103 Å². The molecule has 1 unspecified atom stereocenters. The summed E-state index contributed by atoms with van der Waals surface area (Å²) in [6, 6.07) is 6.10. The average molecular weight is 682 g/mol. The molecule has 1 aromatic heterocycles. The number of thiophene rings is 1. The van der Waals surface area contributed by atoms with Crippen LogP contribution in [0.15, 0.2) is 24.3 Å². The topological polar surface area (TPSA) is 123 Å². The van der Waals surface area contributed by atoms with Gasteiger partial charge in [0.1, 0.15) is 10.5 Å². The van der Waals surface area contributed by atoms with Gasteiger partial charge >= 0.3 is 6.03 Å². The summed E-state index contributed by atoms with van der Waals surface area (Å²) in [6.07, 6.45) is 0.347. The van der Waals surface area contributed by atoms with Gasteiger partial charge in [-0.25, -0.2) is 4.79 Å². The summed E-state index contributed by atoms with van der Waals surface area (Å²) in [4.78, 5) is 60.0. The van der Waals surface area contributed by atoms with Crippen molar-refractivity contribution < 1.29 is 23.9 Å². The number of hydrogen-bond donors (Lipinski definition) is 3. The van der Waals surface area contributed by atoms with Gasteiger partial charge in [0.05, 0.1) is 41.1 Å². The number of piperazine rings is 1. The number of nitrogens with one attached hydrogen (secondary N) is 3. The number of nitrogens with zero attached hydrogens (tertiary/aromatic N) is 3. The highest BCUT2D eigenvalue weighted by Gasteiger charge is 2.47. The number of ether oxygens (including phenoxy) is 1. The highest BCUT2D eigenvalue weighted by atomic mass is 35.5. The highest BCUT2D eigenvalue weighted by molar-refractivity contribution is 7.16. The number of urea groups is 1. The first kappa shape index (κ1) is 35.0. The van der Waals surface area contributed by atoms with E-state index in [1.165, 1.54) is 16.2 Å². The van der Waals surface area contributed by atoms with Crippen molar-refractivity contribution in [2.24, 2.45) is 0 Å². The first-order valence-electron chi connectivity index (χ1n) is 15.1. The van der Waals surface area contributed by atoms with Crippen LogP contribution in [0.4, 0.5) is 15.5 Å². The van der Waals surface area contributed by atoms with Gasteiger partial charge in [0.25, 0.3) is 5.91 Å². The number of morpholine rings is 1. The summed E-state index contributed by atoms with van der Waals surface area (Å²) in [6.45, 7) is 14.3. The number of benzene rings is 1. The SMILES string of the molecule is CCC1(C)C(=O)N(CC(=O)NCCN2CCOCC2)CCN1C(=O)c1cc(C(C)(C)C)sc1NC(=O)Nc1cccc(Cl)c1Cl. The monoisotopic (exact) mass is 680 g/mol. The van der Waals surface area contributed by atoms with E-state index in [0.29, 0.717) is 47.5 Å². The Morgan fingerprint density at radius 2 is 1.78 bits per heavy atom. The van der Waals surface area contributed by atoms with E-state index in [-0.39, 0.29) is 47.8 Å². The van der Waals surface area contributed by atoms with Gasteiger partial charge in [-0.3, -0.25) is 24.6 Å². The highest BCUT2D eigenvalue weighted by Crippen LogP contribution is 2.39. The van der Waals surface area contributed by atoms with Gasteiger partial charge in [-0.15, -0.1) is 11.3 Å². The lowest BCUT2D eigenvalue weighted by Gasteiger charge is -2.47. The molecule has 0 aliphatic carbocycles. The molecule has 0 spiro atoms. The van der Waals surface area contributed by atoms with Gasteiger partial charge in [0.2, 0.25) is 11.8 Å². The van der Waals surface area contributed by atoms with Crippen molar-refractivity contribution in [2.45, 2.75) is 52.0 Å². The van der Waals surface area contributed by atoms with E-state index < -0.39 is 11.6 Å². The molecule has 246 valence electrons. The van der Waals surface area contributed by atoms with Crippen molar-refractivity contribution in [3.8, 4) is 0 Å². The maximum Gasteiger partial charge on any atom is 0.324 e. The van der Waals surface area contributed by atoms with Crippen molar-refractivity contribution in [2.75, 3.05) is 69.7 Å². The van der Waals surface area contributed by atoms with Crippen LogP contribution in [-0.2, 0) is 19.7 Å². The van der Waals surface area contributed by atoms with Crippen LogP contribution in [0.1, 0.15) is 56.3 Å². The van der Waals surface area contributed by atoms with Crippen LogP contribution in [0.3, 0.4) is 0 Å². The van der Waals surface area contributed by atoms with Crippen LogP contribution in [0.5, 0.6) is 0 Å². The zero-order valence-electron chi connectivity index (χ0n) is 26.4. The summed E-state index contributed by atoms with van der Waals surface area (Å²) in [5.74, 6) is -0.896. The van der Waals surface area contributed by atoms with Crippen LogP contribution in [0.2, 0.25) is 10.0 Å². The second-order valence-corrected chi connectivity index (χ2v) is 14.2. The minimum absolute atomic E-state index is 0.0781. The summed E-state index contributed by atoms with van der Waals surface area (Å²) >= 11 is 13.6. The molecular weight excluding hydrogens is 639 g/mol. The Bertz CT molecular complexity index is 1420. The first-order chi connectivity index (χ1) is 21.2. The molecule has 1 aromatic carbocycles.